The van der Waals surface area contributed by atoms with Crippen molar-refractivity contribution in [3.05, 3.63) is 5.69 Å². The van der Waals surface area contributed by atoms with E-state index in [1.165, 1.54) is 11.3 Å². The Labute approximate surface area is 79.9 Å². The summed E-state index contributed by atoms with van der Waals surface area (Å²) in [5, 5.41) is 3.79. The molecule has 13 heavy (non-hydrogen) atoms. The molecule has 0 atom stereocenters. The standard InChI is InChI=1S/C7H11N3O2S/c1-3-12-6(11)4-5(8)13-7(9-2)10-4/h3,8H2,1-2H3,(H,9,10). The summed E-state index contributed by atoms with van der Waals surface area (Å²) in [6, 6.07) is 0. The topological polar surface area (TPSA) is 77.2 Å². The average Bonchev–Trinajstić information content (AvgIpc) is 2.47. The largest absolute Gasteiger partial charge is 0.461 e. The minimum atomic E-state index is -0.474. The Morgan fingerprint density at radius 2 is 2.46 bits per heavy atom. The van der Waals surface area contributed by atoms with Crippen LogP contribution in [0.2, 0.25) is 0 Å². The first kappa shape index (κ1) is 9.79. The number of anilines is 2. The van der Waals surface area contributed by atoms with Crippen molar-refractivity contribution in [3.63, 3.8) is 0 Å². The smallest absolute Gasteiger partial charge is 0.360 e. The number of nitrogen functional groups attached to an aromatic ring is 1. The molecule has 0 saturated carbocycles. The molecule has 0 saturated heterocycles. The van der Waals surface area contributed by atoms with Crippen LogP contribution in [-0.4, -0.2) is 24.6 Å². The monoisotopic (exact) mass is 201 g/mol. The highest BCUT2D eigenvalue weighted by Gasteiger charge is 2.16. The van der Waals surface area contributed by atoms with Gasteiger partial charge in [-0.25, -0.2) is 9.78 Å². The molecule has 0 aliphatic carbocycles. The van der Waals surface area contributed by atoms with Gasteiger partial charge in [-0.2, -0.15) is 0 Å². The molecule has 0 spiro atoms. The lowest BCUT2D eigenvalue weighted by atomic mass is 10.5. The Morgan fingerprint density at radius 1 is 1.77 bits per heavy atom. The third kappa shape index (κ3) is 2.09. The van der Waals surface area contributed by atoms with E-state index >= 15 is 0 Å². The van der Waals surface area contributed by atoms with Crippen molar-refractivity contribution in [2.45, 2.75) is 6.92 Å². The molecular formula is C7H11N3O2S. The Morgan fingerprint density at radius 3 is 2.92 bits per heavy atom. The molecule has 1 rings (SSSR count). The van der Waals surface area contributed by atoms with Gasteiger partial charge in [0.1, 0.15) is 5.00 Å². The number of esters is 1. The fourth-order valence-electron chi connectivity index (χ4n) is 0.785. The summed E-state index contributed by atoms with van der Waals surface area (Å²) in [7, 11) is 1.72. The highest BCUT2D eigenvalue weighted by atomic mass is 32.1. The molecule has 0 aromatic carbocycles. The van der Waals surface area contributed by atoms with Crippen LogP contribution in [0, 0.1) is 0 Å². The summed E-state index contributed by atoms with van der Waals surface area (Å²) >= 11 is 1.22. The molecule has 0 aliphatic rings. The lowest BCUT2D eigenvalue weighted by Gasteiger charge is -1.97. The van der Waals surface area contributed by atoms with E-state index in [9.17, 15) is 4.79 Å². The quantitative estimate of drug-likeness (QED) is 0.712. The second-order valence-electron chi connectivity index (χ2n) is 2.20. The van der Waals surface area contributed by atoms with Gasteiger partial charge in [0.25, 0.3) is 0 Å². The zero-order valence-corrected chi connectivity index (χ0v) is 8.27. The van der Waals surface area contributed by atoms with Crippen LogP contribution in [0.3, 0.4) is 0 Å². The molecule has 72 valence electrons. The zero-order chi connectivity index (χ0) is 9.84. The van der Waals surface area contributed by atoms with E-state index < -0.39 is 5.97 Å². The molecule has 0 amide bonds. The Balaban J connectivity index is 2.87. The fraction of sp³-hybridized carbons (Fsp3) is 0.429. The van der Waals surface area contributed by atoms with Gasteiger partial charge in [-0.15, -0.1) is 0 Å². The Bertz CT molecular complexity index is 311. The zero-order valence-electron chi connectivity index (χ0n) is 7.46. The van der Waals surface area contributed by atoms with E-state index in [1.54, 1.807) is 14.0 Å². The second kappa shape index (κ2) is 4.08. The summed E-state index contributed by atoms with van der Waals surface area (Å²) in [6.45, 7) is 2.06. The number of thiazole rings is 1. The molecule has 0 aliphatic heterocycles. The number of nitrogens with two attached hydrogens (primary N) is 1. The van der Waals surface area contributed by atoms with Gasteiger partial charge in [-0.3, -0.25) is 0 Å². The number of nitrogens with one attached hydrogen (secondary N) is 1. The molecule has 5 nitrogen and oxygen atoms in total. The Hall–Kier alpha value is -1.30. The predicted molar refractivity (Wildman–Crippen MR) is 52.0 cm³/mol. The van der Waals surface area contributed by atoms with Crippen LogP contribution in [0.1, 0.15) is 17.4 Å². The van der Waals surface area contributed by atoms with E-state index in [1.807, 2.05) is 0 Å². The Kier molecular flexibility index (Phi) is 3.07. The van der Waals surface area contributed by atoms with Crippen LogP contribution in [-0.2, 0) is 4.74 Å². The minimum absolute atomic E-state index is 0.191. The summed E-state index contributed by atoms with van der Waals surface area (Å²) in [6.07, 6.45) is 0. The van der Waals surface area contributed by atoms with Gasteiger partial charge in [0.05, 0.1) is 6.61 Å². The van der Waals surface area contributed by atoms with Crippen molar-refractivity contribution >= 4 is 27.4 Å². The highest BCUT2D eigenvalue weighted by molar-refractivity contribution is 7.19. The highest BCUT2D eigenvalue weighted by Crippen LogP contribution is 2.25. The van der Waals surface area contributed by atoms with Gasteiger partial charge in [-0.1, -0.05) is 11.3 Å². The molecule has 1 aromatic heterocycles. The van der Waals surface area contributed by atoms with E-state index in [2.05, 4.69) is 10.3 Å². The van der Waals surface area contributed by atoms with Crippen LogP contribution in [0.15, 0.2) is 0 Å². The lowest BCUT2D eigenvalue weighted by molar-refractivity contribution is 0.0522. The van der Waals surface area contributed by atoms with E-state index in [0.29, 0.717) is 16.7 Å². The van der Waals surface area contributed by atoms with Crippen molar-refractivity contribution in [2.75, 3.05) is 24.7 Å². The van der Waals surface area contributed by atoms with Crippen LogP contribution >= 0.6 is 11.3 Å². The minimum Gasteiger partial charge on any atom is -0.461 e. The summed E-state index contributed by atoms with van der Waals surface area (Å²) < 4.78 is 4.76. The second-order valence-corrected chi connectivity index (χ2v) is 3.23. The van der Waals surface area contributed by atoms with Crippen molar-refractivity contribution in [1.29, 1.82) is 0 Å². The number of hydrogen-bond donors (Lipinski definition) is 2. The summed E-state index contributed by atoms with van der Waals surface area (Å²) in [5.41, 5.74) is 5.75. The summed E-state index contributed by atoms with van der Waals surface area (Å²) in [5.74, 6) is -0.474. The van der Waals surface area contributed by atoms with Gasteiger partial charge in [0, 0.05) is 7.05 Å². The van der Waals surface area contributed by atoms with Crippen molar-refractivity contribution in [3.8, 4) is 0 Å². The van der Waals surface area contributed by atoms with Gasteiger partial charge in [0.15, 0.2) is 10.8 Å². The SMILES string of the molecule is CCOC(=O)c1nc(NC)sc1N. The maximum atomic E-state index is 11.2. The van der Waals surface area contributed by atoms with Crippen molar-refractivity contribution in [1.82, 2.24) is 4.98 Å². The maximum absolute atomic E-state index is 11.2. The molecule has 0 unspecified atom stereocenters. The lowest BCUT2D eigenvalue weighted by Crippen LogP contribution is -2.07. The first-order valence-electron chi connectivity index (χ1n) is 3.80. The van der Waals surface area contributed by atoms with Gasteiger partial charge in [0.2, 0.25) is 0 Å². The molecule has 0 radical (unpaired) electrons. The van der Waals surface area contributed by atoms with E-state index in [0.717, 1.165) is 0 Å². The fourth-order valence-corrected chi connectivity index (χ4v) is 1.46. The number of rotatable bonds is 3. The van der Waals surface area contributed by atoms with Crippen LogP contribution < -0.4 is 11.1 Å². The molecule has 1 heterocycles. The van der Waals surface area contributed by atoms with Crippen LogP contribution in [0.5, 0.6) is 0 Å². The first-order chi connectivity index (χ1) is 6.19. The van der Waals surface area contributed by atoms with E-state index in [4.69, 9.17) is 10.5 Å². The third-order valence-corrected chi connectivity index (χ3v) is 2.24. The van der Waals surface area contributed by atoms with Crippen molar-refractivity contribution in [2.24, 2.45) is 0 Å². The molecule has 1 aromatic rings. The van der Waals surface area contributed by atoms with Crippen LogP contribution in [0.4, 0.5) is 10.1 Å². The van der Waals surface area contributed by atoms with Crippen molar-refractivity contribution < 1.29 is 9.53 Å². The van der Waals surface area contributed by atoms with E-state index in [-0.39, 0.29) is 5.69 Å². The van der Waals surface area contributed by atoms with Crippen LogP contribution in [0.25, 0.3) is 0 Å². The number of hydrogen-bond acceptors (Lipinski definition) is 6. The van der Waals surface area contributed by atoms with Gasteiger partial charge >= 0.3 is 5.97 Å². The third-order valence-electron chi connectivity index (χ3n) is 1.34. The number of nitrogens with zero attached hydrogens (tertiary/aromatic N) is 1. The predicted octanol–water partition coefficient (Wildman–Crippen LogP) is 0.944. The molecule has 3 N–H and O–H groups in total. The average molecular weight is 201 g/mol. The number of carbonyl (C=O) groups is 1. The van der Waals surface area contributed by atoms with Gasteiger partial charge in [-0.05, 0) is 6.92 Å². The van der Waals surface area contributed by atoms with Gasteiger partial charge < -0.3 is 15.8 Å². The molecular weight excluding hydrogens is 190 g/mol. The normalized spacial score (nSPS) is 9.69. The molecule has 0 bridgehead atoms. The molecule has 6 heteroatoms. The first-order valence-corrected chi connectivity index (χ1v) is 4.61. The summed E-state index contributed by atoms with van der Waals surface area (Å²) in [4.78, 5) is 15.2. The number of ether oxygens (including phenoxy) is 1. The molecule has 0 fully saturated rings. The number of aromatic nitrogens is 1. The maximum Gasteiger partial charge on any atom is 0.360 e. The number of carbonyl (C=O) groups excluding carboxylic acids is 1.